The molecule has 0 spiro atoms. The molecule has 0 unspecified atom stereocenters. The number of rotatable bonds is 3. The molecule has 0 aliphatic rings. The molecular formula is C18H14N4O. The van der Waals surface area contributed by atoms with E-state index in [0.717, 1.165) is 39.1 Å². The lowest BCUT2D eigenvalue weighted by Gasteiger charge is -2.09. The number of fused-ring (bicyclic) bond motifs is 2. The van der Waals surface area contributed by atoms with Gasteiger partial charge in [0.15, 0.2) is 0 Å². The molecule has 2 heterocycles. The van der Waals surface area contributed by atoms with Gasteiger partial charge >= 0.3 is 0 Å². The smallest absolute Gasteiger partial charge is 0.141 e. The fraction of sp³-hybridized carbons (Fsp3) is 0.0556. The van der Waals surface area contributed by atoms with Crippen LogP contribution >= 0.6 is 0 Å². The molecule has 0 fully saturated rings. The van der Waals surface area contributed by atoms with Crippen LogP contribution in [-0.2, 0) is 0 Å². The quantitative estimate of drug-likeness (QED) is 0.621. The largest absolute Gasteiger partial charge is 0.497 e. The first-order valence-electron chi connectivity index (χ1n) is 7.24. The highest BCUT2D eigenvalue weighted by molar-refractivity contribution is 5.92. The van der Waals surface area contributed by atoms with Crippen LogP contribution in [0.1, 0.15) is 0 Å². The van der Waals surface area contributed by atoms with E-state index < -0.39 is 0 Å². The molecular weight excluding hydrogens is 288 g/mol. The van der Waals surface area contributed by atoms with E-state index in [1.165, 1.54) is 0 Å². The Morgan fingerprint density at radius 2 is 1.83 bits per heavy atom. The predicted octanol–water partition coefficient (Wildman–Crippen LogP) is 3.93. The Bertz CT molecular complexity index is 1000. The lowest BCUT2D eigenvalue weighted by Crippen LogP contribution is -1.97. The van der Waals surface area contributed by atoms with Crippen LogP contribution in [0.15, 0.2) is 61.1 Å². The van der Waals surface area contributed by atoms with Crippen molar-refractivity contribution in [2.45, 2.75) is 0 Å². The van der Waals surface area contributed by atoms with Gasteiger partial charge in [-0.3, -0.25) is 4.98 Å². The van der Waals surface area contributed by atoms with Gasteiger partial charge in [-0.15, -0.1) is 0 Å². The van der Waals surface area contributed by atoms with Gasteiger partial charge in [-0.2, -0.15) is 0 Å². The molecule has 4 rings (SSSR count). The van der Waals surface area contributed by atoms with Crippen molar-refractivity contribution in [2.75, 3.05) is 12.4 Å². The Morgan fingerprint density at radius 1 is 0.913 bits per heavy atom. The first kappa shape index (κ1) is 13.5. The monoisotopic (exact) mass is 302 g/mol. The second kappa shape index (κ2) is 5.53. The van der Waals surface area contributed by atoms with Gasteiger partial charge in [-0.25, -0.2) is 9.97 Å². The third-order valence-corrected chi connectivity index (χ3v) is 3.70. The number of pyridine rings is 1. The number of anilines is 2. The number of benzene rings is 2. The third kappa shape index (κ3) is 2.53. The first-order chi connectivity index (χ1) is 11.3. The topological polar surface area (TPSA) is 59.9 Å². The molecule has 5 nitrogen and oxygen atoms in total. The molecule has 0 bridgehead atoms. The lowest BCUT2D eigenvalue weighted by atomic mass is 10.2. The van der Waals surface area contributed by atoms with Crippen molar-refractivity contribution in [3.8, 4) is 5.75 Å². The van der Waals surface area contributed by atoms with Crippen LogP contribution < -0.4 is 10.1 Å². The molecule has 4 aromatic rings. The fourth-order valence-electron chi connectivity index (χ4n) is 2.54. The third-order valence-electron chi connectivity index (χ3n) is 3.70. The molecule has 0 aliphatic heterocycles. The van der Waals surface area contributed by atoms with E-state index in [9.17, 15) is 0 Å². The molecule has 0 saturated heterocycles. The molecule has 0 atom stereocenters. The second-order valence-electron chi connectivity index (χ2n) is 5.15. The lowest BCUT2D eigenvalue weighted by molar-refractivity contribution is 0.415. The van der Waals surface area contributed by atoms with Crippen LogP contribution in [0.5, 0.6) is 5.75 Å². The maximum atomic E-state index is 5.24. The average molecular weight is 302 g/mol. The standard InChI is InChI=1S/C18H14N4O/c1-23-14-6-7-15-17(9-14)20-11-21-18(15)22-13-8-12-4-2-3-5-16(12)19-10-13/h2-11H,1H3,(H,20,21,22). The summed E-state index contributed by atoms with van der Waals surface area (Å²) in [6.07, 6.45) is 3.35. The zero-order valence-electron chi connectivity index (χ0n) is 12.5. The predicted molar refractivity (Wildman–Crippen MR) is 91.1 cm³/mol. The van der Waals surface area contributed by atoms with Gasteiger partial charge in [-0.05, 0) is 24.3 Å². The molecule has 0 amide bonds. The Hall–Kier alpha value is -3.21. The highest BCUT2D eigenvalue weighted by atomic mass is 16.5. The van der Waals surface area contributed by atoms with E-state index in [2.05, 4.69) is 26.3 Å². The van der Waals surface area contributed by atoms with Crippen LogP contribution in [0.25, 0.3) is 21.8 Å². The first-order valence-corrected chi connectivity index (χ1v) is 7.24. The summed E-state index contributed by atoms with van der Waals surface area (Å²) >= 11 is 0. The normalized spacial score (nSPS) is 10.8. The van der Waals surface area contributed by atoms with Crippen LogP contribution in [0.4, 0.5) is 11.5 Å². The number of nitrogens with one attached hydrogen (secondary N) is 1. The van der Waals surface area contributed by atoms with Gasteiger partial charge in [0, 0.05) is 16.8 Å². The summed E-state index contributed by atoms with van der Waals surface area (Å²) in [7, 11) is 1.64. The molecule has 5 heteroatoms. The van der Waals surface area contributed by atoms with Gasteiger partial charge in [0.2, 0.25) is 0 Å². The summed E-state index contributed by atoms with van der Waals surface area (Å²) in [5, 5.41) is 5.34. The average Bonchev–Trinajstić information content (AvgIpc) is 2.61. The second-order valence-corrected chi connectivity index (χ2v) is 5.15. The summed E-state index contributed by atoms with van der Waals surface area (Å²) in [5.41, 5.74) is 2.69. The van der Waals surface area contributed by atoms with Crippen molar-refractivity contribution in [1.29, 1.82) is 0 Å². The maximum absolute atomic E-state index is 5.24. The van der Waals surface area contributed by atoms with E-state index in [1.807, 2.05) is 42.5 Å². The van der Waals surface area contributed by atoms with Gasteiger partial charge in [0.25, 0.3) is 0 Å². The summed E-state index contributed by atoms with van der Waals surface area (Å²) in [5.74, 6) is 1.52. The zero-order chi connectivity index (χ0) is 15.6. The van der Waals surface area contributed by atoms with E-state index in [-0.39, 0.29) is 0 Å². The minimum atomic E-state index is 0.745. The van der Waals surface area contributed by atoms with Crippen LogP contribution in [0.2, 0.25) is 0 Å². The summed E-state index contributed by atoms with van der Waals surface area (Å²) < 4.78 is 5.24. The van der Waals surface area contributed by atoms with Gasteiger partial charge in [0.05, 0.1) is 30.0 Å². The van der Waals surface area contributed by atoms with Gasteiger partial charge in [0.1, 0.15) is 17.9 Å². The Kier molecular flexibility index (Phi) is 3.24. The van der Waals surface area contributed by atoms with Gasteiger partial charge < -0.3 is 10.1 Å². The maximum Gasteiger partial charge on any atom is 0.141 e. The molecule has 0 aliphatic carbocycles. The molecule has 2 aromatic carbocycles. The van der Waals surface area contributed by atoms with Gasteiger partial charge in [-0.1, -0.05) is 18.2 Å². The van der Waals surface area contributed by atoms with Crippen molar-refractivity contribution < 1.29 is 4.74 Å². The summed E-state index contributed by atoms with van der Waals surface area (Å²) in [4.78, 5) is 13.1. The Balaban J connectivity index is 1.76. The number of methoxy groups -OCH3 is 1. The SMILES string of the molecule is COc1ccc2c(Nc3cnc4ccccc4c3)ncnc2c1. The number of ether oxygens (including phenoxy) is 1. The van der Waals surface area contributed by atoms with Crippen molar-refractivity contribution >= 4 is 33.3 Å². The summed E-state index contributed by atoms with van der Waals surface area (Å²) in [6.45, 7) is 0. The van der Waals surface area contributed by atoms with E-state index in [1.54, 1.807) is 19.6 Å². The van der Waals surface area contributed by atoms with Crippen LogP contribution in [0.3, 0.4) is 0 Å². The van der Waals surface area contributed by atoms with Crippen LogP contribution in [0, 0.1) is 0 Å². The summed E-state index contributed by atoms with van der Waals surface area (Å²) in [6, 6.07) is 15.8. The molecule has 112 valence electrons. The minimum Gasteiger partial charge on any atom is -0.497 e. The minimum absolute atomic E-state index is 0.745. The fourth-order valence-corrected chi connectivity index (χ4v) is 2.54. The molecule has 2 aromatic heterocycles. The van der Waals surface area contributed by atoms with Crippen molar-refractivity contribution in [3.05, 3.63) is 61.1 Å². The molecule has 23 heavy (non-hydrogen) atoms. The molecule has 0 radical (unpaired) electrons. The number of hydrogen-bond acceptors (Lipinski definition) is 5. The molecule has 1 N–H and O–H groups in total. The van der Waals surface area contributed by atoms with Crippen molar-refractivity contribution in [1.82, 2.24) is 15.0 Å². The number of nitrogens with zero attached hydrogens (tertiary/aromatic N) is 3. The highest BCUT2D eigenvalue weighted by Gasteiger charge is 2.06. The van der Waals surface area contributed by atoms with Crippen LogP contribution in [-0.4, -0.2) is 22.1 Å². The Morgan fingerprint density at radius 3 is 2.74 bits per heavy atom. The highest BCUT2D eigenvalue weighted by Crippen LogP contribution is 2.26. The van der Waals surface area contributed by atoms with Crippen molar-refractivity contribution in [3.63, 3.8) is 0 Å². The number of para-hydroxylation sites is 1. The number of hydrogen-bond donors (Lipinski definition) is 1. The number of aromatic nitrogens is 3. The van der Waals surface area contributed by atoms with E-state index >= 15 is 0 Å². The van der Waals surface area contributed by atoms with Crippen molar-refractivity contribution in [2.24, 2.45) is 0 Å². The van der Waals surface area contributed by atoms with E-state index in [0.29, 0.717) is 0 Å². The molecule has 0 saturated carbocycles. The van der Waals surface area contributed by atoms with E-state index in [4.69, 9.17) is 4.74 Å². The zero-order valence-corrected chi connectivity index (χ0v) is 12.5. The Labute approximate surface area is 133 Å².